The van der Waals surface area contributed by atoms with Crippen molar-refractivity contribution in [1.82, 2.24) is 9.97 Å². The van der Waals surface area contributed by atoms with Crippen LogP contribution in [0.25, 0.3) is 10.9 Å². The lowest BCUT2D eigenvalue weighted by molar-refractivity contribution is 0.452. The van der Waals surface area contributed by atoms with Gasteiger partial charge in [-0.2, -0.15) is 0 Å². The molecule has 90 valence electrons. The number of H-pyrrole nitrogens is 1. The quantitative estimate of drug-likeness (QED) is 0.512. The number of halogens is 3. The minimum atomic E-state index is -1.62. The van der Waals surface area contributed by atoms with Gasteiger partial charge in [0, 0.05) is 0 Å². The average Bonchev–Trinajstić information content (AvgIpc) is 2.29. The van der Waals surface area contributed by atoms with Crippen molar-refractivity contribution < 1.29 is 13.2 Å². The summed E-state index contributed by atoms with van der Waals surface area (Å²) in [5, 5.41) is -0.128. The van der Waals surface area contributed by atoms with E-state index in [0.29, 0.717) is 11.8 Å². The highest BCUT2D eigenvalue weighted by atomic mass is 32.2. The number of aromatic amines is 1. The number of nitrogens with one attached hydrogen (secondary N) is 1. The molecule has 0 aliphatic rings. The van der Waals surface area contributed by atoms with Crippen molar-refractivity contribution in [3.05, 3.63) is 33.9 Å². The highest BCUT2D eigenvalue weighted by Crippen LogP contribution is 2.21. The molecule has 0 bridgehead atoms. The van der Waals surface area contributed by atoms with Crippen LogP contribution in [0.5, 0.6) is 0 Å². The van der Waals surface area contributed by atoms with Crippen LogP contribution in [0, 0.1) is 17.5 Å². The second-order valence-corrected chi connectivity index (χ2v) is 4.44. The SMILES string of the molecule is CCSc1nc2c(F)c(F)c(F)cc2c(=O)[nH]1. The molecule has 2 rings (SSSR count). The maximum atomic E-state index is 13.4. The van der Waals surface area contributed by atoms with Crippen molar-refractivity contribution in [3.8, 4) is 0 Å². The molecule has 0 saturated carbocycles. The first kappa shape index (κ1) is 12.0. The molecular weight excluding hydrogens is 253 g/mol. The number of rotatable bonds is 2. The summed E-state index contributed by atoms with van der Waals surface area (Å²) in [6, 6.07) is 0.639. The molecule has 0 spiro atoms. The fourth-order valence-electron chi connectivity index (χ4n) is 1.37. The van der Waals surface area contributed by atoms with Crippen LogP contribution in [-0.4, -0.2) is 15.7 Å². The maximum Gasteiger partial charge on any atom is 0.259 e. The Morgan fingerprint density at radius 3 is 2.71 bits per heavy atom. The molecule has 17 heavy (non-hydrogen) atoms. The Kier molecular flexibility index (Phi) is 3.10. The molecular formula is C10H7F3N2OS. The highest BCUT2D eigenvalue weighted by Gasteiger charge is 2.17. The van der Waals surface area contributed by atoms with Gasteiger partial charge in [-0.3, -0.25) is 4.79 Å². The van der Waals surface area contributed by atoms with Crippen molar-refractivity contribution >= 4 is 22.7 Å². The van der Waals surface area contributed by atoms with E-state index < -0.39 is 28.5 Å². The Bertz CT molecular complexity index is 641. The van der Waals surface area contributed by atoms with Gasteiger partial charge in [-0.15, -0.1) is 0 Å². The van der Waals surface area contributed by atoms with Crippen molar-refractivity contribution in [2.45, 2.75) is 12.1 Å². The van der Waals surface area contributed by atoms with Gasteiger partial charge in [-0.05, 0) is 11.8 Å². The topological polar surface area (TPSA) is 45.8 Å². The molecule has 0 atom stereocenters. The molecule has 1 aromatic heterocycles. The third-order valence-electron chi connectivity index (χ3n) is 2.10. The van der Waals surface area contributed by atoms with Gasteiger partial charge in [0.05, 0.1) is 5.39 Å². The van der Waals surface area contributed by atoms with Gasteiger partial charge in [0.1, 0.15) is 5.52 Å². The standard InChI is InChI=1S/C10H7F3N2OS/c1-2-17-10-14-8-4(9(16)15-10)3-5(11)6(12)7(8)13/h3H,2H2,1H3,(H,14,15,16). The van der Waals surface area contributed by atoms with Gasteiger partial charge >= 0.3 is 0 Å². The lowest BCUT2D eigenvalue weighted by Gasteiger charge is -2.03. The highest BCUT2D eigenvalue weighted by molar-refractivity contribution is 7.99. The molecule has 1 heterocycles. The Morgan fingerprint density at radius 2 is 2.06 bits per heavy atom. The normalized spacial score (nSPS) is 11.1. The molecule has 0 aliphatic heterocycles. The van der Waals surface area contributed by atoms with Crippen LogP contribution in [0.15, 0.2) is 16.0 Å². The van der Waals surface area contributed by atoms with Crippen LogP contribution in [0.1, 0.15) is 6.92 Å². The Morgan fingerprint density at radius 1 is 1.35 bits per heavy atom. The maximum absolute atomic E-state index is 13.4. The van der Waals surface area contributed by atoms with Gasteiger partial charge in [0.25, 0.3) is 5.56 Å². The van der Waals surface area contributed by atoms with Crippen LogP contribution < -0.4 is 5.56 Å². The fraction of sp³-hybridized carbons (Fsp3) is 0.200. The number of thioether (sulfide) groups is 1. The van der Waals surface area contributed by atoms with Gasteiger partial charge in [0.15, 0.2) is 22.6 Å². The molecule has 1 N–H and O–H groups in total. The van der Waals surface area contributed by atoms with Crippen LogP contribution in [0.3, 0.4) is 0 Å². The first-order valence-electron chi connectivity index (χ1n) is 4.75. The number of benzene rings is 1. The van der Waals surface area contributed by atoms with Crippen molar-refractivity contribution in [2.75, 3.05) is 5.75 Å². The molecule has 7 heteroatoms. The second-order valence-electron chi connectivity index (χ2n) is 3.19. The first-order chi connectivity index (χ1) is 8.04. The van der Waals surface area contributed by atoms with Crippen molar-refractivity contribution in [3.63, 3.8) is 0 Å². The largest absolute Gasteiger partial charge is 0.301 e. The number of nitrogens with zero attached hydrogens (tertiary/aromatic N) is 1. The second kappa shape index (κ2) is 4.40. The molecule has 2 aromatic rings. The Labute approximate surface area is 98.1 Å². The molecule has 0 amide bonds. The molecule has 1 aromatic carbocycles. The van der Waals surface area contributed by atoms with E-state index in [2.05, 4.69) is 9.97 Å². The first-order valence-corrected chi connectivity index (χ1v) is 5.73. The summed E-state index contributed by atoms with van der Waals surface area (Å²) < 4.78 is 39.4. The zero-order valence-electron chi connectivity index (χ0n) is 8.68. The summed E-state index contributed by atoms with van der Waals surface area (Å²) in [4.78, 5) is 17.6. The zero-order chi connectivity index (χ0) is 12.6. The predicted octanol–water partition coefficient (Wildman–Crippen LogP) is 2.45. The minimum Gasteiger partial charge on any atom is -0.301 e. The summed E-state index contributed by atoms with van der Waals surface area (Å²) in [5.41, 5.74) is -1.15. The van der Waals surface area contributed by atoms with E-state index in [-0.39, 0.29) is 10.5 Å². The molecule has 0 radical (unpaired) electrons. The minimum absolute atomic E-state index is 0.176. The average molecular weight is 260 g/mol. The molecule has 0 aliphatic carbocycles. The lowest BCUT2D eigenvalue weighted by Crippen LogP contribution is -2.11. The van der Waals surface area contributed by atoms with Crippen LogP contribution in [-0.2, 0) is 0 Å². The van der Waals surface area contributed by atoms with E-state index in [1.807, 2.05) is 6.92 Å². The zero-order valence-corrected chi connectivity index (χ0v) is 9.50. The van der Waals surface area contributed by atoms with Gasteiger partial charge in [-0.1, -0.05) is 18.7 Å². The summed E-state index contributed by atoms with van der Waals surface area (Å²) in [6.45, 7) is 1.82. The van der Waals surface area contributed by atoms with E-state index in [4.69, 9.17) is 0 Å². The third kappa shape index (κ3) is 2.02. The third-order valence-corrected chi connectivity index (χ3v) is 2.85. The monoisotopic (exact) mass is 260 g/mol. The number of fused-ring (bicyclic) bond motifs is 1. The predicted molar refractivity (Wildman–Crippen MR) is 58.6 cm³/mol. The van der Waals surface area contributed by atoms with Crippen LogP contribution in [0.2, 0.25) is 0 Å². The number of aromatic nitrogens is 2. The lowest BCUT2D eigenvalue weighted by atomic mass is 10.2. The summed E-state index contributed by atoms with van der Waals surface area (Å²) in [7, 11) is 0. The van der Waals surface area contributed by atoms with E-state index in [1.54, 1.807) is 0 Å². The Balaban J connectivity index is 2.83. The fourth-order valence-corrected chi connectivity index (χ4v) is 1.96. The Hall–Kier alpha value is -1.50. The van der Waals surface area contributed by atoms with E-state index in [1.165, 1.54) is 11.8 Å². The van der Waals surface area contributed by atoms with Crippen molar-refractivity contribution in [1.29, 1.82) is 0 Å². The number of hydrogen-bond donors (Lipinski definition) is 1. The van der Waals surface area contributed by atoms with E-state index in [9.17, 15) is 18.0 Å². The van der Waals surface area contributed by atoms with Crippen LogP contribution in [0.4, 0.5) is 13.2 Å². The van der Waals surface area contributed by atoms with Crippen molar-refractivity contribution in [2.24, 2.45) is 0 Å². The van der Waals surface area contributed by atoms with Gasteiger partial charge in [0.2, 0.25) is 0 Å². The van der Waals surface area contributed by atoms with Gasteiger partial charge in [-0.25, -0.2) is 18.2 Å². The molecule has 3 nitrogen and oxygen atoms in total. The molecule has 0 unspecified atom stereocenters. The number of hydrogen-bond acceptors (Lipinski definition) is 3. The summed E-state index contributed by atoms with van der Waals surface area (Å²) >= 11 is 1.17. The molecule has 0 saturated heterocycles. The van der Waals surface area contributed by atoms with Crippen LogP contribution >= 0.6 is 11.8 Å². The molecule has 0 fully saturated rings. The van der Waals surface area contributed by atoms with E-state index in [0.717, 1.165) is 0 Å². The smallest absolute Gasteiger partial charge is 0.259 e. The van der Waals surface area contributed by atoms with Gasteiger partial charge < -0.3 is 4.98 Å². The summed E-state index contributed by atoms with van der Waals surface area (Å²) in [5.74, 6) is -3.86. The summed E-state index contributed by atoms with van der Waals surface area (Å²) in [6.07, 6.45) is 0. The van der Waals surface area contributed by atoms with E-state index >= 15 is 0 Å².